The summed E-state index contributed by atoms with van der Waals surface area (Å²) < 4.78 is 0. The molecule has 0 saturated heterocycles. The fourth-order valence-electron chi connectivity index (χ4n) is 1.62. The molecule has 19 heavy (non-hydrogen) atoms. The topological polar surface area (TPSA) is 0 Å². The summed E-state index contributed by atoms with van der Waals surface area (Å²) in [5.41, 5.74) is 8.49. The van der Waals surface area contributed by atoms with Crippen LogP contribution in [0.2, 0.25) is 0 Å². The van der Waals surface area contributed by atoms with Gasteiger partial charge in [-0.2, -0.15) is 45.5 Å². The van der Waals surface area contributed by atoms with Gasteiger partial charge in [0.25, 0.3) is 0 Å². The molecular formula is C16H22Cl2V. The van der Waals surface area contributed by atoms with Crippen molar-refractivity contribution in [3.63, 3.8) is 0 Å². The van der Waals surface area contributed by atoms with Crippen LogP contribution < -0.4 is 24.8 Å². The van der Waals surface area contributed by atoms with Crippen molar-refractivity contribution in [2.45, 2.75) is 41.5 Å². The maximum Gasteiger partial charge on any atom is 4.00 e. The predicted molar refractivity (Wildman–Crippen MR) is 72.5 cm³/mol. The summed E-state index contributed by atoms with van der Waals surface area (Å²) in [6.45, 7) is 12.9. The van der Waals surface area contributed by atoms with Crippen LogP contribution in [0.25, 0.3) is 0 Å². The van der Waals surface area contributed by atoms with Gasteiger partial charge in [-0.25, -0.2) is 12.1 Å². The first-order chi connectivity index (χ1) is 7.43. The summed E-state index contributed by atoms with van der Waals surface area (Å²) in [6, 6.07) is 8.63. The van der Waals surface area contributed by atoms with Crippen molar-refractivity contribution in [1.29, 1.82) is 0 Å². The van der Waals surface area contributed by atoms with Crippen LogP contribution in [0, 0.1) is 41.5 Å². The average molecular weight is 336 g/mol. The average Bonchev–Trinajstić information content (AvgIpc) is 2.70. The SMILES string of the molecule is Cc1cc[c-](C)c1C.Cc1cc[c-](C)c1C.[Cl-].[Cl-].[V+4]. The monoisotopic (exact) mass is 335 g/mol. The van der Waals surface area contributed by atoms with Crippen molar-refractivity contribution in [3.8, 4) is 0 Å². The number of halogens is 2. The van der Waals surface area contributed by atoms with Gasteiger partial charge in [0.1, 0.15) is 0 Å². The van der Waals surface area contributed by atoms with E-state index in [1.807, 2.05) is 0 Å². The molecule has 2 aromatic rings. The maximum absolute atomic E-state index is 2.16. The van der Waals surface area contributed by atoms with E-state index in [1.54, 1.807) is 0 Å². The van der Waals surface area contributed by atoms with Crippen LogP contribution in [-0.4, -0.2) is 0 Å². The number of rotatable bonds is 0. The van der Waals surface area contributed by atoms with Crippen LogP contribution in [0.3, 0.4) is 0 Å². The second-order valence-electron chi connectivity index (χ2n) is 4.65. The van der Waals surface area contributed by atoms with Crippen LogP contribution in [0.5, 0.6) is 0 Å². The predicted octanol–water partition coefficient (Wildman–Crippen LogP) is -1.33. The summed E-state index contributed by atoms with van der Waals surface area (Å²) in [7, 11) is 0. The molecule has 0 aliphatic rings. The molecule has 0 atom stereocenters. The van der Waals surface area contributed by atoms with Gasteiger partial charge in [0.2, 0.25) is 0 Å². The minimum absolute atomic E-state index is 0. The van der Waals surface area contributed by atoms with Gasteiger partial charge in [-0.05, 0) is 0 Å². The molecule has 0 saturated carbocycles. The van der Waals surface area contributed by atoms with E-state index in [1.165, 1.54) is 33.4 Å². The van der Waals surface area contributed by atoms with Crippen molar-refractivity contribution in [3.05, 3.63) is 57.6 Å². The Balaban J connectivity index is -0.000000233. The van der Waals surface area contributed by atoms with Gasteiger partial charge in [-0.1, -0.05) is 41.5 Å². The van der Waals surface area contributed by atoms with Gasteiger partial charge in [0, 0.05) is 0 Å². The molecule has 0 unspecified atom stereocenters. The van der Waals surface area contributed by atoms with Gasteiger partial charge in [0.15, 0.2) is 0 Å². The van der Waals surface area contributed by atoms with Crippen LogP contribution in [-0.2, 0) is 18.6 Å². The molecule has 0 nitrogen and oxygen atoms in total. The molecule has 0 aromatic heterocycles. The molecular weight excluding hydrogens is 314 g/mol. The molecule has 2 rings (SSSR count). The summed E-state index contributed by atoms with van der Waals surface area (Å²) in [6.07, 6.45) is 0. The molecule has 105 valence electrons. The second-order valence-corrected chi connectivity index (χ2v) is 4.65. The molecule has 0 N–H and O–H groups in total. The zero-order chi connectivity index (χ0) is 12.3. The third-order valence-corrected chi connectivity index (χ3v) is 3.53. The quantitative estimate of drug-likeness (QED) is 0.523. The molecule has 0 amide bonds. The molecule has 2 aromatic carbocycles. The first-order valence-corrected chi connectivity index (χ1v) is 5.82. The Hall–Kier alpha value is -0.136. The first kappa shape index (κ1) is 23.9. The van der Waals surface area contributed by atoms with Crippen molar-refractivity contribution in [2.75, 3.05) is 0 Å². The van der Waals surface area contributed by atoms with E-state index in [-0.39, 0.29) is 43.4 Å². The Morgan fingerprint density at radius 1 is 0.684 bits per heavy atom. The molecule has 3 heteroatoms. The third-order valence-electron chi connectivity index (χ3n) is 3.53. The van der Waals surface area contributed by atoms with E-state index < -0.39 is 0 Å². The maximum atomic E-state index is 2.16. The van der Waals surface area contributed by atoms with Gasteiger partial charge < -0.3 is 24.8 Å². The van der Waals surface area contributed by atoms with Crippen LogP contribution in [0.4, 0.5) is 0 Å². The Morgan fingerprint density at radius 2 is 0.947 bits per heavy atom. The Bertz CT molecular complexity index is 384. The molecule has 0 fully saturated rings. The van der Waals surface area contributed by atoms with E-state index in [4.69, 9.17) is 0 Å². The fraction of sp³-hybridized carbons (Fsp3) is 0.375. The number of hydrogen-bond donors (Lipinski definition) is 0. The zero-order valence-electron chi connectivity index (χ0n) is 12.5. The van der Waals surface area contributed by atoms with E-state index in [0.29, 0.717) is 0 Å². The van der Waals surface area contributed by atoms with Crippen molar-refractivity contribution in [2.24, 2.45) is 0 Å². The second kappa shape index (κ2) is 10.6. The standard InChI is InChI=1S/2C8H11.2ClH.V/c2*1-6-4-5-7(2)8(6)3;;;/h2*4-5H,1-3H3;2*1H;/q2*-1;;;+4/p-2. The van der Waals surface area contributed by atoms with E-state index in [9.17, 15) is 0 Å². The van der Waals surface area contributed by atoms with Gasteiger partial charge in [-0.15, -0.1) is 0 Å². The van der Waals surface area contributed by atoms with Gasteiger partial charge in [-0.3, -0.25) is 0 Å². The summed E-state index contributed by atoms with van der Waals surface area (Å²) >= 11 is 0. The summed E-state index contributed by atoms with van der Waals surface area (Å²) in [4.78, 5) is 0. The normalized spacial score (nSPS) is 8.32. The third kappa shape index (κ3) is 6.72. The van der Waals surface area contributed by atoms with E-state index >= 15 is 0 Å². The van der Waals surface area contributed by atoms with E-state index in [0.717, 1.165) is 0 Å². The Labute approximate surface area is 142 Å². The molecule has 0 aliphatic heterocycles. The minimum atomic E-state index is 0. The van der Waals surface area contributed by atoms with Gasteiger partial charge in [0.05, 0.1) is 0 Å². The summed E-state index contributed by atoms with van der Waals surface area (Å²) in [5.74, 6) is 0. The summed E-state index contributed by atoms with van der Waals surface area (Å²) in [5, 5.41) is 0. The van der Waals surface area contributed by atoms with Crippen molar-refractivity contribution in [1.82, 2.24) is 0 Å². The van der Waals surface area contributed by atoms with Gasteiger partial charge >= 0.3 is 18.6 Å². The number of hydrogen-bond acceptors (Lipinski definition) is 0. The Morgan fingerprint density at radius 3 is 1.00 bits per heavy atom. The largest absolute Gasteiger partial charge is 4.00 e. The van der Waals surface area contributed by atoms with Crippen molar-refractivity contribution < 1.29 is 43.4 Å². The van der Waals surface area contributed by atoms with Crippen molar-refractivity contribution >= 4 is 0 Å². The molecule has 0 heterocycles. The smallest absolute Gasteiger partial charge is 1.00 e. The Kier molecular flexibility index (Phi) is 13.4. The molecule has 0 spiro atoms. The minimum Gasteiger partial charge on any atom is -1.00 e. The molecule has 0 aliphatic carbocycles. The van der Waals surface area contributed by atoms with Crippen LogP contribution in [0.1, 0.15) is 33.4 Å². The van der Waals surface area contributed by atoms with Crippen LogP contribution >= 0.6 is 0 Å². The molecule has 0 bridgehead atoms. The number of aryl methyl sites for hydroxylation is 4. The zero-order valence-corrected chi connectivity index (χ0v) is 15.4. The molecule has 1 radical (unpaired) electrons. The van der Waals surface area contributed by atoms with Crippen LogP contribution in [0.15, 0.2) is 24.3 Å². The fourth-order valence-corrected chi connectivity index (χ4v) is 1.62. The first-order valence-electron chi connectivity index (χ1n) is 5.82. The van der Waals surface area contributed by atoms with E-state index in [2.05, 4.69) is 65.8 Å².